The molecule has 1 aliphatic rings. The van der Waals surface area contributed by atoms with Gasteiger partial charge in [-0.05, 0) is 25.5 Å². The minimum absolute atomic E-state index is 0.0262. The summed E-state index contributed by atoms with van der Waals surface area (Å²) in [5.41, 5.74) is 0.910. The Morgan fingerprint density at radius 1 is 1.44 bits per heavy atom. The van der Waals surface area contributed by atoms with Crippen LogP contribution in [0.3, 0.4) is 0 Å². The summed E-state index contributed by atoms with van der Waals surface area (Å²) in [5.74, 6) is -0.210. The number of carbonyl (C=O) groups is 1. The van der Waals surface area contributed by atoms with E-state index in [0.717, 1.165) is 6.42 Å². The van der Waals surface area contributed by atoms with Gasteiger partial charge in [-0.25, -0.2) is 0 Å². The Labute approximate surface area is 116 Å². The van der Waals surface area contributed by atoms with Crippen LogP contribution in [0.4, 0.5) is 0 Å². The summed E-state index contributed by atoms with van der Waals surface area (Å²) in [7, 11) is 0. The SMILES string of the molecule is CCC(C)N1C(=O)c2c(Cl)ccc(Cl)c2C1C#N. The van der Waals surface area contributed by atoms with Gasteiger partial charge in [0.25, 0.3) is 5.91 Å². The van der Waals surface area contributed by atoms with Crippen LogP contribution in [0.2, 0.25) is 10.0 Å². The Balaban J connectivity index is 2.64. The molecule has 2 unspecified atom stereocenters. The van der Waals surface area contributed by atoms with Crippen LogP contribution < -0.4 is 0 Å². The molecular formula is C13H12Cl2N2O. The Morgan fingerprint density at radius 3 is 2.61 bits per heavy atom. The van der Waals surface area contributed by atoms with E-state index in [2.05, 4.69) is 6.07 Å². The zero-order valence-corrected chi connectivity index (χ0v) is 11.6. The Kier molecular flexibility index (Phi) is 3.52. The fourth-order valence-corrected chi connectivity index (χ4v) is 2.72. The molecule has 0 N–H and O–H groups in total. The van der Waals surface area contributed by atoms with Crippen LogP contribution in [0.5, 0.6) is 0 Å². The second-order valence-electron chi connectivity index (χ2n) is 4.32. The maximum atomic E-state index is 12.4. The van der Waals surface area contributed by atoms with Crippen molar-refractivity contribution in [3.8, 4) is 6.07 Å². The minimum atomic E-state index is -0.645. The number of carbonyl (C=O) groups excluding carboxylic acids is 1. The molecule has 0 aliphatic carbocycles. The van der Waals surface area contributed by atoms with E-state index in [1.54, 1.807) is 17.0 Å². The van der Waals surface area contributed by atoms with Crippen molar-refractivity contribution in [3.05, 3.63) is 33.3 Å². The van der Waals surface area contributed by atoms with Crippen LogP contribution in [-0.2, 0) is 0 Å². The molecule has 0 saturated heterocycles. The summed E-state index contributed by atoms with van der Waals surface area (Å²) >= 11 is 12.2. The first-order chi connectivity index (χ1) is 8.52. The van der Waals surface area contributed by atoms with Crippen molar-refractivity contribution in [2.24, 2.45) is 0 Å². The van der Waals surface area contributed by atoms with Crippen molar-refractivity contribution in [2.45, 2.75) is 32.4 Å². The maximum absolute atomic E-state index is 12.4. The van der Waals surface area contributed by atoms with Gasteiger partial charge in [0.2, 0.25) is 0 Å². The minimum Gasteiger partial charge on any atom is -0.316 e. The topological polar surface area (TPSA) is 44.1 Å². The molecule has 1 aromatic carbocycles. The average Bonchev–Trinajstić information content (AvgIpc) is 2.67. The number of fused-ring (bicyclic) bond motifs is 1. The van der Waals surface area contributed by atoms with E-state index < -0.39 is 6.04 Å². The number of amides is 1. The summed E-state index contributed by atoms with van der Waals surface area (Å²) in [5, 5.41) is 10.1. The van der Waals surface area contributed by atoms with Gasteiger partial charge in [0.1, 0.15) is 6.04 Å². The molecule has 0 spiro atoms. The third-order valence-electron chi connectivity index (χ3n) is 3.33. The number of rotatable bonds is 2. The van der Waals surface area contributed by atoms with E-state index in [-0.39, 0.29) is 11.9 Å². The van der Waals surface area contributed by atoms with E-state index >= 15 is 0 Å². The highest BCUT2D eigenvalue weighted by atomic mass is 35.5. The number of benzene rings is 1. The number of nitriles is 1. The van der Waals surface area contributed by atoms with Crippen LogP contribution in [0.15, 0.2) is 12.1 Å². The molecule has 0 saturated carbocycles. The molecule has 1 amide bonds. The highest BCUT2D eigenvalue weighted by molar-refractivity contribution is 6.37. The van der Waals surface area contributed by atoms with Crippen molar-refractivity contribution >= 4 is 29.1 Å². The number of halogens is 2. The number of nitrogens with zero attached hydrogens (tertiary/aromatic N) is 2. The molecule has 1 aliphatic heterocycles. The molecule has 18 heavy (non-hydrogen) atoms. The molecule has 2 rings (SSSR count). The van der Waals surface area contributed by atoms with E-state index in [0.29, 0.717) is 21.2 Å². The first-order valence-electron chi connectivity index (χ1n) is 5.73. The smallest absolute Gasteiger partial charge is 0.257 e. The predicted molar refractivity (Wildman–Crippen MR) is 70.7 cm³/mol. The van der Waals surface area contributed by atoms with E-state index in [9.17, 15) is 10.1 Å². The number of hydrogen-bond acceptors (Lipinski definition) is 2. The third-order valence-corrected chi connectivity index (χ3v) is 3.97. The summed E-state index contributed by atoms with van der Waals surface area (Å²) in [6.07, 6.45) is 0.771. The Morgan fingerprint density at radius 2 is 2.06 bits per heavy atom. The fraction of sp³-hybridized carbons (Fsp3) is 0.385. The van der Waals surface area contributed by atoms with Crippen molar-refractivity contribution in [1.82, 2.24) is 4.90 Å². The lowest BCUT2D eigenvalue weighted by molar-refractivity contribution is 0.0685. The molecule has 0 bridgehead atoms. The van der Waals surface area contributed by atoms with Crippen LogP contribution in [0, 0.1) is 11.3 Å². The fourth-order valence-electron chi connectivity index (χ4n) is 2.22. The summed E-state index contributed by atoms with van der Waals surface area (Å²) in [6, 6.07) is 4.69. The van der Waals surface area contributed by atoms with Crippen LogP contribution in [0.1, 0.15) is 42.2 Å². The van der Waals surface area contributed by atoms with Crippen molar-refractivity contribution in [2.75, 3.05) is 0 Å². The normalized spacial score (nSPS) is 19.6. The molecule has 5 heteroatoms. The van der Waals surface area contributed by atoms with Gasteiger partial charge in [0, 0.05) is 16.6 Å². The van der Waals surface area contributed by atoms with Gasteiger partial charge in [-0.1, -0.05) is 30.1 Å². The second-order valence-corrected chi connectivity index (χ2v) is 5.13. The summed E-state index contributed by atoms with van der Waals surface area (Å²) < 4.78 is 0. The first kappa shape index (κ1) is 13.2. The van der Waals surface area contributed by atoms with Gasteiger partial charge in [0.15, 0.2) is 0 Å². The highest BCUT2D eigenvalue weighted by Gasteiger charge is 2.41. The first-order valence-corrected chi connectivity index (χ1v) is 6.48. The molecule has 1 heterocycles. The average molecular weight is 283 g/mol. The van der Waals surface area contributed by atoms with E-state index in [1.165, 1.54) is 0 Å². The standard InChI is InChI=1S/C13H12Cl2N2O/c1-3-7(2)17-10(6-16)11-8(14)4-5-9(15)12(11)13(17)18/h4-5,7,10H,3H2,1-2H3. The van der Waals surface area contributed by atoms with Gasteiger partial charge in [0.05, 0.1) is 16.7 Å². The van der Waals surface area contributed by atoms with Crippen molar-refractivity contribution in [1.29, 1.82) is 5.26 Å². The zero-order valence-electron chi connectivity index (χ0n) is 10.1. The Bertz CT molecular complexity index is 551. The van der Waals surface area contributed by atoms with Crippen molar-refractivity contribution in [3.63, 3.8) is 0 Å². The van der Waals surface area contributed by atoms with Crippen LogP contribution in [0.25, 0.3) is 0 Å². The van der Waals surface area contributed by atoms with E-state index in [4.69, 9.17) is 23.2 Å². The molecule has 0 radical (unpaired) electrons. The lowest BCUT2D eigenvalue weighted by atomic mass is 10.1. The lowest BCUT2D eigenvalue weighted by Gasteiger charge is -2.26. The molecule has 0 fully saturated rings. The largest absolute Gasteiger partial charge is 0.316 e. The highest BCUT2D eigenvalue weighted by Crippen LogP contribution is 2.42. The monoisotopic (exact) mass is 282 g/mol. The molecule has 1 aromatic rings. The van der Waals surface area contributed by atoms with Gasteiger partial charge >= 0.3 is 0 Å². The summed E-state index contributed by atoms with van der Waals surface area (Å²) in [4.78, 5) is 13.9. The molecule has 0 aromatic heterocycles. The molecule has 2 atom stereocenters. The zero-order chi connectivity index (χ0) is 13.4. The molecular weight excluding hydrogens is 271 g/mol. The quantitative estimate of drug-likeness (QED) is 0.828. The predicted octanol–water partition coefficient (Wildman–Crippen LogP) is 3.81. The van der Waals surface area contributed by atoms with Crippen LogP contribution in [-0.4, -0.2) is 16.8 Å². The third kappa shape index (κ3) is 1.77. The van der Waals surface area contributed by atoms with Gasteiger partial charge in [-0.15, -0.1) is 0 Å². The summed E-state index contributed by atoms with van der Waals surface area (Å²) in [6.45, 7) is 3.88. The van der Waals surface area contributed by atoms with E-state index in [1.807, 2.05) is 13.8 Å². The van der Waals surface area contributed by atoms with Crippen molar-refractivity contribution < 1.29 is 4.79 Å². The molecule has 3 nitrogen and oxygen atoms in total. The lowest BCUT2D eigenvalue weighted by Crippen LogP contribution is -2.35. The van der Waals surface area contributed by atoms with Gasteiger partial charge in [-0.2, -0.15) is 5.26 Å². The number of hydrogen-bond donors (Lipinski definition) is 0. The Hall–Kier alpha value is -1.24. The van der Waals surface area contributed by atoms with Crippen LogP contribution >= 0.6 is 23.2 Å². The van der Waals surface area contributed by atoms with Gasteiger partial charge in [-0.3, -0.25) is 4.79 Å². The van der Waals surface area contributed by atoms with Gasteiger partial charge < -0.3 is 4.90 Å². The molecule has 94 valence electrons. The maximum Gasteiger partial charge on any atom is 0.257 e. The second kappa shape index (κ2) is 4.79.